The first kappa shape index (κ1) is 29.1. The lowest BCUT2D eigenvalue weighted by Crippen LogP contribution is -2.41. The van der Waals surface area contributed by atoms with Gasteiger partial charge >= 0.3 is 11.9 Å². The minimum absolute atomic E-state index is 0.0891. The normalized spacial score (nSPS) is 11.1. The van der Waals surface area contributed by atoms with Crippen LogP contribution < -0.4 is 11.1 Å². The van der Waals surface area contributed by atoms with Crippen molar-refractivity contribution in [1.29, 1.82) is 0 Å². The maximum Gasteiger partial charge on any atom is 0.326 e. The number of unbranched alkanes of at least 4 members (excludes halogenated alkanes) is 8. The SMILES string of the molecule is CCCC(N)=O.CCCCCCCCCCCC(=O)N[C@@H](CCC(=O)O)C(=O)O. The van der Waals surface area contributed by atoms with Crippen LogP contribution in [0.25, 0.3) is 0 Å². The summed E-state index contributed by atoms with van der Waals surface area (Å²) in [6.07, 6.45) is 11.7. The van der Waals surface area contributed by atoms with Crippen LogP contribution in [-0.2, 0) is 19.2 Å². The Kier molecular flexibility index (Phi) is 20.7. The topological polar surface area (TPSA) is 147 Å². The minimum Gasteiger partial charge on any atom is -0.481 e. The van der Waals surface area contributed by atoms with Crippen molar-refractivity contribution in [3.63, 3.8) is 0 Å². The number of carbonyl (C=O) groups excluding carboxylic acids is 2. The zero-order valence-electron chi connectivity index (χ0n) is 18.1. The number of rotatable bonds is 17. The summed E-state index contributed by atoms with van der Waals surface area (Å²) in [5, 5.41) is 19.9. The van der Waals surface area contributed by atoms with Crippen molar-refractivity contribution in [2.24, 2.45) is 5.73 Å². The van der Waals surface area contributed by atoms with Crippen LogP contribution in [-0.4, -0.2) is 40.0 Å². The van der Waals surface area contributed by atoms with Gasteiger partial charge in [0, 0.05) is 19.3 Å². The van der Waals surface area contributed by atoms with Gasteiger partial charge in [-0.25, -0.2) is 4.79 Å². The van der Waals surface area contributed by atoms with Gasteiger partial charge in [-0.15, -0.1) is 0 Å². The number of hydrogen-bond donors (Lipinski definition) is 4. The van der Waals surface area contributed by atoms with Gasteiger partial charge in [0.25, 0.3) is 0 Å². The third-order valence-corrected chi connectivity index (χ3v) is 4.28. The van der Waals surface area contributed by atoms with Gasteiger partial charge in [0.15, 0.2) is 0 Å². The van der Waals surface area contributed by atoms with E-state index in [0.29, 0.717) is 12.8 Å². The molecule has 0 radical (unpaired) electrons. The summed E-state index contributed by atoms with van der Waals surface area (Å²) >= 11 is 0. The zero-order chi connectivity index (χ0) is 22.5. The number of nitrogens with one attached hydrogen (secondary N) is 1. The largest absolute Gasteiger partial charge is 0.481 e. The Balaban J connectivity index is 0. The molecule has 1 atom stereocenters. The number of carboxylic acid groups (broad SMARTS) is 2. The van der Waals surface area contributed by atoms with Crippen LogP contribution in [0.3, 0.4) is 0 Å². The summed E-state index contributed by atoms with van der Waals surface area (Å²) in [6.45, 7) is 4.12. The number of amides is 2. The van der Waals surface area contributed by atoms with Crippen molar-refractivity contribution >= 4 is 23.8 Å². The van der Waals surface area contributed by atoms with E-state index in [1.807, 2.05) is 6.92 Å². The highest BCUT2D eigenvalue weighted by Crippen LogP contribution is 2.10. The lowest BCUT2D eigenvalue weighted by atomic mass is 10.1. The highest BCUT2D eigenvalue weighted by atomic mass is 16.4. The minimum atomic E-state index is -1.19. The van der Waals surface area contributed by atoms with Crippen molar-refractivity contribution < 1.29 is 29.4 Å². The Labute approximate surface area is 174 Å². The molecule has 2 amide bonds. The van der Waals surface area contributed by atoms with Crippen LogP contribution in [0.15, 0.2) is 0 Å². The maximum absolute atomic E-state index is 11.7. The lowest BCUT2D eigenvalue weighted by molar-refractivity contribution is -0.143. The zero-order valence-corrected chi connectivity index (χ0v) is 18.1. The molecule has 0 aliphatic rings. The predicted octanol–water partition coefficient (Wildman–Crippen LogP) is 3.61. The van der Waals surface area contributed by atoms with Gasteiger partial charge in [0.1, 0.15) is 6.04 Å². The number of carbonyl (C=O) groups is 4. The van der Waals surface area contributed by atoms with Crippen molar-refractivity contribution in [2.75, 3.05) is 0 Å². The molecule has 0 spiro atoms. The Bertz CT molecular complexity index is 468. The van der Waals surface area contributed by atoms with Crippen molar-refractivity contribution in [1.82, 2.24) is 5.32 Å². The fourth-order valence-corrected chi connectivity index (χ4v) is 2.63. The molecule has 5 N–H and O–H groups in total. The van der Waals surface area contributed by atoms with Gasteiger partial charge in [-0.3, -0.25) is 14.4 Å². The first-order valence-corrected chi connectivity index (χ1v) is 10.8. The van der Waals surface area contributed by atoms with E-state index in [1.54, 1.807) is 0 Å². The molecule has 0 aliphatic carbocycles. The van der Waals surface area contributed by atoms with Crippen LogP contribution in [0, 0.1) is 0 Å². The molecule has 0 heterocycles. The van der Waals surface area contributed by atoms with E-state index in [1.165, 1.54) is 38.5 Å². The molecular formula is C21H40N2O6. The molecule has 8 nitrogen and oxygen atoms in total. The highest BCUT2D eigenvalue weighted by Gasteiger charge is 2.20. The first-order valence-electron chi connectivity index (χ1n) is 10.8. The van der Waals surface area contributed by atoms with E-state index in [9.17, 15) is 19.2 Å². The van der Waals surface area contributed by atoms with Crippen molar-refractivity contribution in [2.45, 2.75) is 110 Å². The average molecular weight is 417 g/mol. The summed E-state index contributed by atoms with van der Waals surface area (Å²) in [5.74, 6) is -2.78. The Hall–Kier alpha value is -2.12. The smallest absolute Gasteiger partial charge is 0.326 e. The van der Waals surface area contributed by atoms with Crippen LogP contribution in [0.5, 0.6) is 0 Å². The number of aliphatic carboxylic acids is 2. The Morgan fingerprint density at radius 1 is 0.759 bits per heavy atom. The second-order valence-corrected chi connectivity index (χ2v) is 7.19. The quantitative estimate of drug-likeness (QED) is 0.266. The highest BCUT2D eigenvalue weighted by molar-refractivity contribution is 5.83. The molecule has 8 heteroatoms. The van der Waals surface area contributed by atoms with Gasteiger partial charge in [0.2, 0.25) is 11.8 Å². The third-order valence-electron chi connectivity index (χ3n) is 4.28. The molecule has 0 aliphatic heterocycles. The number of nitrogens with two attached hydrogens (primary N) is 1. The van der Waals surface area contributed by atoms with Crippen LogP contribution in [0.2, 0.25) is 0 Å². The molecule has 0 bridgehead atoms. The van der Waals surface area contributed by atoms with Crippen molar-refractivity contribution in [3.8, 4) is 0 Å². The van der Waals surface area contributed by atoms with E-state index in [2.05, 4.69) is 12.2 Å². The van der Waals surface area contributed by atoms with E-state index in [-0.39, 0.29) is 24.7 Å². The van der Waals surface area contributed by atoms with Gasteiger partial charge in [-0.05, 0) is 19.3 Å². The average Bonchev–Trinajstić information content (AvgIpc) is 2.63. The van der Waals surface area contributed by atoms with E-state index < -0.39 is 18.0 Å². The maximum atomic E-state index is 11.7. The molecule has 0 aromatic heterocycles. The molecule has 0 aromatic carbocycles. The van der Waals surface area contributed by atoms with Gasteiger partial charge in [-0.2, -0.15) is 0 Å². The second kappa shape index (κ2) is 20.6. The molecular weight excluding hydrogens is 376 g/mol. The Morgan fingerprint density at radius 2 is 1.28 bits per heavy atom. The standard InChI is InChI=1S/C17H31NO5.C4H9NO/c1-2-3-4-5-6-7-8-9-10-11-15(19)18-14(17(22)23)12-13-16(20)21;1-2-3-4(5)6/h14H,2-13H2,1H3,(H,18,19)(H,20,21)(H,22,23);2-3H2,1H3,(H2,5,6)/t14-;/m0./s1. The number of carboxylic acids is 2. The van der Waals surface area contributed by atoms with Crippen LogP contribution in [0.1, 0.15) is 104 Å². The fraction of sp³-hybridized carbons (Fsp3) is 0.810. The van der Waals surface area contributed by atoms with Crippen LogP contribution >= 0.6 is 0 Å². The molecule has 0 saturated heterocycles. The molecule has 0 rings (SSSR count). The second-order valence-electron chi connectivity index (χ2n) is 7.19. The van der Waals surface area contributed by atoms with Crippen molar-refractivity contribution in [3.05, 3.63) is 0 Å². The molecule has 0 unspecified atom stereocenters. The summed E-state index contributed by atoms with van der Waals surface area (Å²) in [6, 6.07) is -1.11. The summed E-state index contributed by atoms with van der Waals surface area (Å²) in [4.78, 5) is 42.9. The van der Waals surface area contributed by atoms with E-state index in [4.69, 9.17) is 15.9 Å². The predicted molar refractivity (Wildman–Crippen MR) is 112 cm³/mol. The van der Waals surface area contributed by atoms with Gasteiger partial charge in [0.05, 0.1) is 0 Å². The molecule has 0 saturated carbocycles. The molecule has 0 aromatic rings. The fourth-order valence-electron chi connectivity index (χ4n) is 2.63. The molecule has 29 heavy (non-hydrogen) atoms. The van der Waals surface area contributed by atoms with E-state index >= 15 is 0 Å². The van der Waals surface area contributed by atoms with Gasteiger partial charge < -0.3 is 21.3 Å². The van der Waals surface area contributed by atoms with Gasteiger partial charge in [-0.1, -0.05) is 65.2 Å². The molecule has 170 valence electrons. The lowest BCUT2D eigenvalue weighted by Gasteiger charge is -2.13. The monoisotopic (exact) mass is 416 g/mol. The van der Waals surface area contributed by atoms with E-state index in [0.717, 1.165) is 25.7 Å². The first-order chi connectivity index (χ1) is 13.7. The number of hydrogen-bond acceptors (Lipinski definition) is 4. The number of primary amides is 1. The Morgan fingerprint density at radius 3 is 1.66 bits per heavy atom. The summed E-state index contributed by atoms with van der Waals surface area (Å²) < 4.78 is 0. The van der Waals surface area contributed by atoms with Crippen LogP contribution in [0.4, 0.5) is 0 Å². The summed E-state index contributed by atoms with van der Waals surface area (Å²) in [7, 11) is 0. The third kappa shape index (κ3) is 23.8. The molecule has 0 fully saturated rings. The summed E-state index contributed by atoms with van der Waals surface area (Å²) in [5.41, 5.74) is 4.76.